The molecule has 1 heterocycles. The van der Waals surface area contributed by atoms with Gasteiger partial charge in [0.25, 0.3) is 0 Å². The van der Waals surface area contributed by atoms with Crippen LogP contribution < -0.4 is 15.4 Å². The summed E-state index contributed by atoms with van der Waals surface area (Å²) in [6, 6.07) is 12.1. The fourth-order valence-corrected chi connectivity index (χ4v) is 2.48. The molecule has 0 unspecified atom stereocenters. The first-order valence-electron chi connectivity index (χ1n) is 6.82. The number of halogens is 1. The van der Waals surface area contributed by atoms with Gasteiger partial charge < -0.3 is 15.4 Å². The van der Waals surface area contributed by atoms with E-state index in [2.05, 4.69) is 22.8 Å². The van der Waals surface area contributed by atoms with Crippen molar-refractivity contribution in [3.63, 3.8) is 0 Å². The van der Waals surface area contributed by atoms with Gasteiger partial charge in [-0.15, -0.1) is 12.4 Å². The van der Waals surface area contributed by atoms with Gasteiger partial charge in [-0.2, -0.15) is 0 Å². The molecule has 3 rings (SSSR count). The molecule has 0 atom stereocenters. The van der Waals surface area contributed by atoms with Crippen molar-refractivity contribution in [2.75, 3.05) is 20.2 Å². The molecule has 0 spiro atoms. The molecular weight excluding hydrogens is 288 g/mol. The standard InChI is InChI=1S/C16H18N2O2.ClH/c1-20-15-7-6-11-4-2-3-5-13(11)14(15)10-18-16(19)12-8-17-9-12;/h2-7,12,17H,8-10H2,1H3,(H,18,19);1H. The average molecular weight is 307 g/mol. The molecule has 0 aromatic heterocycles. The largest absolute Gasteiger partial charge is 0.496 e. The Morgan fingerprint density at radius 3 is 2.71 bits per heavy atom. The molecule has 1 fully saturated rings. The molecule has 2 N–H and O–H groups in total. The molecule has 1 aliphatic rings. The minimum Gasteiger partial charge on any atom is -0.496 e. The molecular formula is C16H19ClN2O2. The summed E-state index contributed by atoms with van der Waals surface area (Å²) in [4.78, 5) is 11.9. The minimum absolute atomic E-state index is 0. The summed E-state index contributed by atoms with van der Waals surface area (Å²) in [5, 5.41) is 8.40. The molecule has 112 valence electrons. The highest BCUT2D eigenvalue weighted by molar-refractivity contribution is 5.88. The highest BCUT2D eigenvalue weighted by Gasteiger charge is 2.24. The van der Waals surface area contributed by atoms with Crippen LogP contribution in [0.2, 0.25) is 0 Å². The Balaban J connectivity index is 0.00000161. The van der Waals surface area contributed by atoms with Crippen molar-refractivity contribution < 1.29 is 9.53 Å². The van der Waals surface area contributed by atoms with Crippen molar-refractivity contribution in [3.05, 3.63) is 42.0 Å². The summed E-state index contributed by atoms with van der Waals surface area (Å²) >= 11 is 0. The van der Waals surface area contributed by atoms with Gasteiger partial charge in [0.15, 0.2) is 0 Å². The summed E-state index contributed by atoms with van der Waals surface area (Å²) in [6.07, 6.45) is 0. The second-order valence-corrected chi connectivity index (χ2v) is 5.04. The van der Waals surface area contributed by atoms with Gasteiger partial charge in [-0.25, -0.2) is 0 Å². The lowest BCUT2D eigenvalue weighted by Crippen LogP contribution is -2.50. The first-order chi connectivity index (χ1) is 9.79. The SMILES string of the molecule is COc1ccc2ccccc2c1CNC(=O)C1CNC1.Cl. The molecule has 5 heteroatoms. The first kappa shape index (κ1) is 15.6. The summed E-state index contributed by atoms with van der Waals surface area (Å²) in [7, 11) is 1.66. The molecule has 2 aromatic carbocycles. The van der Waals surface area contributed by atoms with Gasteiger partial charge in [-0.3, -0.25) is 4.79 Å². The van der Waals surface area contributed by atoms with E-state index in [4.69, 9.17) is 4.74 Å². The Labute approximate surface area is 130 Å². The number of rotatable bonds is 4. The second-order valence-electron chi connectivity index (χ2n) is 5.04. The Bertz CT molecular complexity index is 641. The van der Waals surface area contributed by atoms with E-state index >= 15 is 0 Å². The molecule has 0 aliphatic carbocycles. The Hall–Kier alpha value is -1.78. The number of fused-ring (bicyclic) bond motifs is 1. The van der Waals surface area contributed by atoms with Gasteiger partial charge in [0.05, 0.1) is 13.0 Å². The molecule has 0 bridgehead atoms. The number of hydrogen-bond donors (Lipinski definition) is 2. The quantitative estimate of drug-likeness (QED) is 0.909. The Morgan fingerprint density at radius 2 is 2.05 bits per heavy atom. The highest BCUT2D eigenvalue weighted by Crippen LogP contribution is 2.27. The third kappa shape index (κ3) is 3.12. The number of nitrogens with one attached hydrogen (secondary N) is 2. The van der Waals surface area contributed by atoms with Gasteiger partial charge >= 0.3 is 0 Å². The number of benzene rings is 2. The van der Waals surface area contributed by atoms with Gasteiger partial charge in [0.1, 0.15) is 5.75 Å². The van der Waals surface area contributed by atoms with E-state index in [0.717, 1.165) is 35.2 Å². The Kier molecular flexibility index (Phi) is 5.04. The number of amides is 1. The third-order valence-corrected chi connectivity index (χ3v) is 3.81. The smallest absolute Gasteiger partial charge is 0.225 e. The molecule has 1 amide bonds. The lowest BCUT2D eigenvalue weighted by atomic mass is 10.0. The van der Waals surface area contributed by atoms with Crippen LogP contribution in [0.25, 0.3) is 10.8 Å². The summed E-state index contributed by atoms with van der Waals surface area (Å²) < 4.78 is 5.42. The van der Waals surface area contributed by atoms with Gasteiger partial charge in [0, 0.05) is 25.2 Å². The third-order valence-electron chi connectivity index (χ3n) is 3.81. The zero-order valence-electron chi connectivity index (χ0n) is 11.9. The van der Waals surface area contributed by atoms with Crippen molar-refractivity contribution in [1.29, 1.82) is 0 Å². The van der Waals surface area contributed by atoms with Crippen LogP contribution in [0.4, 0.5) is 0 Å². The van der Waals surface area contributed by atoms with Gasteiger partial charge in [-0.05, 0) is 16.8 Å². The van der Waals surface area contributed by atoms with E-state index in [9.17, 15) is 4.79 Å². The maximum atomic E-state index is 11.9. The zero-order chi connectivity index (χ0) is 13.9. The van der Waals surface area contributed by atoms with Crippen molar-refractivity contribution in [2.45, 2.75) is 6.54 Å². The predicted molar refractivity (Wildman–Crippen MR) is 86.0 cm³/mol. The highest BCUT2D eigenvalue weighted by atomic mass is 35.5. The maximum absolute atomic E-state index is 11.9. The van der Waals surface area contributed by atoms with Crippen LogP contribution in [-0.4, -0.2) is 26.1 Å². The number of ether oxygens (including phenoxy) is 1. The van der Waals surface area contributed by atoms with E-state index in [-0.39, 0.29) is 24.2 Å². The van der Waals surface area contributed by atoms with Gasteiger partial charge in [-0.1, -0.05) is 30.3 Å². The zero-order valence-corrected chi connectivity index (χ0v) is 12.7. The topological polar surface area (TPSA) is 50.4 Å². The Morgan fingerprint density at radius 1 is 1.29 bits per heavy atom. The molecule has 0 radical (unpaired) electrons. The van der Waals surface area contributed by atoms with Crippen molar-refractivity contribution in [2.24, 2.45) is 5.92 Å². The fraction of sp³-hybridized carbons (Fsp3) is 0.312. The van der Waals surface area contributed by atoms with Crippen LogP contribution >= 0.6 is 12.4 Å². The van der Waals surface area contributed by atoms with Crippen molar-refractivity contribution in [3.8, 4) is 5.75 Å². The monoisotopic (exact) mass is 306 g/mol. The van der Waals surface area contributed by atoms with Crippen LogP contribution in [0, 0.1) is 5.92 Å². The fourth-order valence-electron chi connectivity index (χ4n) is 2.48. The summed E-state index contributed by atoms with van der Waals surface area (Å²) in [6.45, 7) is 2.05. The van der Waals surface area contributed by atoms with Crippen LogP contribution in [0.15, 0.2) is 36.4 Å². The van der Waals surface area contributed by atoms with Crippen LogP contribution in [-0.2, 0) is 11.3 Å². The molecule has 4 nitrogen and oxygen atoms in total. The summed E-state index contributed by atoms with van der Waals surface area (Å²) in [5.74, 6) is 1.03. The number of hydrogen-bond acceptors (Lipinski definition) is 3. The first-order valence-corrected chi connectivity index (χ1v) is 6.82. The van der Waals surface area contributed by atoms with Crippen LogP contribution in [0.1, 0.15) is 5.56 Å². The van der Waals surface area contributed by atoms with E-state index in [1.54, 1.807) is 7.11 Å². The van der Waals surface area contributed by atoms with Crippen molar-refractivity contribution >= 4 is 29.1 Å². The van der Waals surface area contributed by atoms with Crippen LogP contribution in [0.3, 0.4) is 0 Å². The lowest BCUT2D eigenvalue weighted by molar-refractivity contribution is -0.126. The molecule has 1 saturated heterocycles. The molecule has 1 aliphatic heterocycles. The number of carbonyl (C=O) groups excluding carboxylic acids is 1. The number of methoxy groups -OCH3 is 1. The maximum Gasteiger partial charge on any atom is 0.225 e. The molecule has 2 aromatic rings. The van der Waals surface area contributed by atoms with E-state index in [1.165, 1.54) is 0 Å². The van der Waals surface area contributed by atoms with E-state index in [1.807, 2.05) is 24.3 Å². The molecule has 0 saturated carbocycles. The number of carbonyl (C=O) groups is 1. The van der Waals surface area contributed by atoms with Crippen LogP contribution in [0.5, 0.6) is 5.75 Å². The lowest BCUT2D eigenvalue weighted by Gasteiger charge is -2.26. The van der Waals surface area contributed by atoms with Crippen molar-refractivity contribution in [1.82, 2.24) is 10.6 Å². The van der Waals surface area contributed by atoms with E-state index in [0.29, 0.717) is 6.54 Å². The predicted octanol–water partition coefficient (Wildman–Crippen LogP) is 2.11. The minimum atomic E-state index is 0. The summed E-state index contributed by atoms with van der Waals surface area (Å²) in [5.41, 5.74) is 1.03. The van der Waals surface area contributed by atoms with E-state index < -0.39 is 0 Å². The normalized spacial score (nSPS) is 14.1. The average Bonchev–Trinajstić information content (AvgIpc) is 2.42. The van der Waals surface area contributed by atoms with Gasteiger partial charge in [0.2, 0.25) is 5.91 Å². The molecule has 21 heavy (non-hydrogen) atoms. The second kappa shape index (κ2) is 6.78.